The summed E-state index contributed by atoms with van der Waals surface area (Å²) in [6.07, 6.45) is 5.04. The van der Waals surface area contributed by atoms with E-state index in [1.54, 1.807) is 7.11 Å². The van der Waals surface area contributed by atoms with Crippen molar-refractivity contribution in [1.82, 2.24) is 14.4 Å². The minimum atomic E-state index is -0.108. The number of hydrogen-bond donors (Lipinski definition) is 0. The molecule has 1 amide bonds. The number of hydrogen-bond acceptors (Lipinski definition) is 4. The fourth-order valence-corrected chi connectivity index (χ4v) is 3.68. The lowest BCUT2D eigenvalue weighted by molar-refractivity contribution is -0.135. The van der Waals surface area contributed by atoms with Crippen molar-refractivity contribution in [3.8, 4) is 6.07 Å². The molecular formula is C17H24N4O2. The molecule has 1 aromatic rings. The number of aromatic nitrogens is 1. The van der Waals surface area contributed by atoms with Gasteiger partial charge in [-0.15, -0.1) is 0 Å². The topological polar surface area (TPSA) is 61.5 Å². The van der Waals surface area contributed by atoms with Crippen molar-refractivity contribution in [3.05, 3.63) is 23.5 Å². The van der Waals surface area contributed by atoms with Gasteiger partial charge in [-0.05, 0) is 30.9 Å². The lowest BCUT2D eigenvalue weighted by atomic mass is 10.1. The number of carbonyl (C=O) groups is 1. The molecule has 1 aromatic heterocycles. The Morgan fingerprint density at radius 1 is 1.43 bits per heavy atom. The molecule has 23 heavy (non-hydrogen) atoms. The van der Waals surface area contributed by atoms with E-state index >= 15 is 0 Å². The van der Waals surface area contributed by atoms with Crippen LogP contribution in [0.15, 0.2) is 12.3 Å². The number of carbonyl (C=O) groups excluding carboxylic acids is 1. The van der Waals surface area contributed by atoms with Gasteiger partial charge in [0.25, 0.3) is 0 Å². The molecule has 3 rings (SSSR count). The molecule has 0 radical (unpaired) electrons. The zero-order chi connectivity index (χ0) is 16.4. The molecule has 2 aliphatic heterocycles. The number of rotatable bonds is 4. The second kappa shape index (κ2) is 6.73. The average molecular weight is 316 g/mol. The summed E-state index contributed by atoms with van der Waals surface area (Å²) in [6, 6.07) is 3.98. The molecule has 2 aliphatic rings. The number of methoxy groups -OCH3 is 1. The van der Waals surface area contributed by atoms with E-state index in [0.29, 0.717) is 12.2 Å². The highest BCUT2D eigenvalue weighted by Crippen LogP contribution is 2.25. The van der Waals surface area contributed by atoms with E-state index in [4.69, 9.17) is 10.00 Å². The molecule has 0 aromatic carbocycles. The second-order valence-electron chi connectivity index (χ2n) is 6.53. The first-order chi connectivity index (χ1) is 11.1. The van der Waals surface area contributed by atoms with Crippen LogP contribution in [-0.4, -0.2) is 59.2 Å². The van der Waals surface area contributed by atoms with E-state index in [-0.39, 0.29) is 18.1 Å². The van der Waals surface area contributed by atoms with Gasteiger partial charge in [-0.2, -0.15) is 5.26 Å². The minimum Gasteiger partial charge on any atom is -0.380 e. The van der Waals surface area contributed by atoms with Gasteiger partial charge in [0.15, 0.2) is 0 Å². The molecule has 2 atom stereocenters. The van der Waals surface area contributed by atoms with Crippen molar-refractivity contribution in [3.63, 3.8) is 0 Å². The van der Waals surface area contributed by atoms with Gasteiger partial charge in [-0.1, -0.05) is 0 Å². The number of aryl methyl sites for hydroxylation is 1. The van der Waals surface area contributed by atoms with Crippen LogP contribution in [0.4, 0.5) is 0 Å². The van der Waals surface area contributed by atoms with Crippen LogP contribution in [0.25, 0.3) is 0 Å². The number of nitrogens with zero attached hydrogens (tertiary/aromatic N) is 4. The van der Waals surface area contributed by atoms with Crippen molar-refractivity contribution in [2.75, 3.05) is 26.7 Å². The van der Waals surface area contributed by atoms with Crippen molar-refractivity contribution >= 4 is 5.91 Å². The van der Waals surface area contributed by atoms with Crippen LogP contribution < -0.4 is 0 Å². The highest BCUT2D eigenvalue weighted by Gasteiger charge is 2.39. The van der Waals surface area contributed by atoms with Gasteiger partial charge in [0.2, 0.25) is 5.91 Å². The zero-order valence-electron chi connectivity index (χ0n) is 13.9. The molecule has 0 saturated carbocycles. The normalized spacial score (nSPS) is 25.0. The first-order valence-electron chi connectivity index (χ1n) is 8.23. The molecule has 0 bridgehead atoms. The summed E-state index contributed by atoms with van der Waals surface area (Å²) in [7, 11) is 3.58. The standard InChI is InChI=1S/C17H24N4O2/c1-19-10-13(7-14(19)9-18)11-21-12-15(23-2)8-16(21)17(22)20-5-3-4-6-20/h7,10,15-16H,3-6,8,11-12H2,1-2H3/t15-,16-/m0/s1. The average Bonchev–Trinajstić information content (AvgIpc) is 3.26. The second-order valence-corrected chi connectivity index (χ2v) is 6.53. The molecule has 0 spiro atoms. The molecular weight excluding hydrogens is 292 g/mol. The Bertz CT molecular complexity index is 613. The van der Waals surface area contributed by atoms with Gasteiger partial charge >= 0.3 is 0 Å². The summed E-state index contributed by atoms with van der Waals surface area (Å²) in [5, 5.41) is 9.09. The van der Waals surface area contributed by atoms with Crippen LogP contribution in [0.3, 0.4) is 0 Å². The van der Waals surface area contributed by atoms with Crippen LogP contribution >= 0.6 is 0 Å². The van der Waals surface area contributed by atoms with Crippen molar-refractivity contribution in [1.29, 1.82) is 5.26 Å². The van der Waals surface area contributed by atoms with E-state index in [1.807, 2.05) is 28.8 Å². The molecule has 2 saturated heterocycles. The van der Waals surface area contributed by atoms with Crippen molar-refractivity contribution in [2.45, 2.75) is 38.0 Å². The highest BCUT2D eigenvalue weighted by molar-refractivity contribution is 5.82. The minimum absolute atomic E-state index is 0.103. The summed E-state index contributed by atoms with van der Waals surface area (Å²) >= 11 is 0. The van der Waals surface area contributed by atoms with Crippen LogP contribution in [0.5, 0.6) is 0 Å². The lowest BCUT2D eigenvalue weighted by Crippen LogP contribution is -2.44. The number of likely N-dealkylation sites (tertiary alicyclic amines) is 2. The molecule has 6 nitrogen and oxygen atoms in total. The van der Waals surface area contributed by atoms with Crippen LogP contribution in [0.2, 0.25) is 0 Å². The van der Waals surface area contributed by atoms with Gasteiger partial charge in [0, 0.05) is 46.5 Å². The molecule has 0 unspecified atom stereocenters. The Balaban J connectivity index is 1.74. The fraction of sp³-hybridized carbons (Fsp3) is 0.647. The van der Waals surface area contributed by atoms with E-state index < -0.39 is 0 Å². The SMILES string of the molecule is CO[C@H]1C[C@@H](C(=O)N2CCCC2)N(Cc2cc(C#N)n(C)c2)C1. The zero-order valence-corrected chi connectivity index (χ0v) is 13.9. The quantitative estimate of drug-likeness (QED) is 0.835. The molecule has 6 heteroatoms. The maximum Gasteiger partial charge on any atom is 0.240 e. The third-order valence-electron chi connectivity index (χ3n) is 4.96. The van der Waals surface area contributed by atoms with Crippen LogP contribution in [0, 0.1) is 11.3 Å². The van der Waals surface area contributed by atoms with Crippen molar-refractivity contribution < 1.29 is 9.53 Å². The summed E-state index contributed by atoms with van der Waals surface area (Å²) in [6.45, 7) is 3.20. The molecule has 2 fully saturated rings. The number of amides is 1. The Labute approximate surface area is 137 Å². The van der Waals surface area contributed by atoms with Gasteiger partial charge in [0.1, 0.15) is 11.8 Å². The maximum absolute atomic E-state index is 12.8. The Kier molecular flexibility index (Phi) is 4.69. The molecule has 3 heterocycles. The van der Waals surface area contributed by atoms with Gasteiger partial charge in [0.05, 0.1) is 12.1 Å². The molecule has 124 valence electrons. The van der Waals surface area contributed by atoms with E-state index in [2.05, 4.69) is 11.0 Å². The van der Waals surface area contributed by atoms with Gasteiger partial charge < -0.3 is 14.2 Å². The maximum atomic E-state index is 12.8. The van der Waals surface area contributed by atoms with E-state index in [9.17, 15) is 4.79 Å². The van der Waals surface area contributed by atoms with E-state index in [0.717, 1.165) is 44.5 Å². The van der Waals surface area contributed by atoms with Crippen LogP contribution in [0.1, 0.15) is 30.5 Å². The highest BCUT2D eigenvalue weighted by atomic mass is 16.5. The van der Waals surface area contributed by atoms with Gasteiger partial charge in [-0.3, -0.25) is 9.69 Å². The Morgan fingerprint density at radius 3 is 2.78 bits per heavy atom. The third-order valence-corrected chi connectivity index (χ3v) is 4.96. The number of ether oxygens (including phenoxy) is 1. The predicted octanol–water partition coefficient (Wildman–Crippen LogP) is 1.11. The summed E-state index contributed by atoms with van der Waals surface area (Å²) in [4.78, 5) is 17.0. The predicted molar refractivity (Wildman–Crippen MR) is 85.6 cm³/mol. The summed E-state index contributed by atoms with van der Waals surface area (Å²) in [5.41, 5.74) is 1.71. The Hall–Kier alpha value is -1.84. The smallest absolute Gasteiger partial charge is 0.240 e. The van der Waals surface area contributed by atoms with Crippen molar-refractivity contribution in [2.24, 2.45) is 7.05 Å². The monoisotopic (exact) mass is 316 g/mol. The largest absolute Gasteiger partial charge is 0.380 e. The summed E-state index contributed by atoms with van der Waals surface area (Å²) < 4.78 is 7.33. The van der Waals surface area contributed by atoms with E-state index in [1.165, 1.54) is 0 Å². The van der Waals surface area contributed by atoms with Crippen LogP contribution in [-0.2, 0) is 23.1 Å². The Morgan fingerprint density at radius 2 is 2.17 bits per heavy atom. The molecule has 0 N–H and O–H groups in total. The summed E-state index contributed by atoms with van der Waals surface area (Å²) in [5.74, 6) is 0.235. The third kappa shape index (κ3) is 3.26. The first kappa shape index (κ1) is 16.0. The first-order valence-corrected chi connectivity index (χ1v) is 8.23. The molecule has 0 aliphatic carbocycles. The van der Waals surface area contributed by atoms with Gasteiger partial charge in [-0.25, -0.2) is 0 Å². The lowest BCUT2D eigenvalue weighted by Gasteiger charge is -2.27. The number of nitriles is 1. The fourth-order valence-electron chi connectivity index (χ4n) is 3.68.